The van der Waals surface area contributed by atoms with Crippen molar-refractivity contribution in [2.75, 3.05) is 18.4 Å². The van der Waals surface area contributed by atoms with E-state index in [1.165, 1.54) is 12.1 Å². The summed E-state index contributed by atoms with van der Waals surface area (Å²) in [5.41, 5.74) is 0.747. The number of carbonyl (C=O) groups is 2. The predicted octanol–water partition coefficient (Wildman–Crippen LogP) is 2.29. The number of anilines is 1. The fourth-order valence-electron chi connectivity index (χ4n) is 2.93. The standard InChI is InChI=1S/C19H19N3O5/c1-19(12-13-4-2-3-5-16(13)17(23)27-19)18(24)21-11-10-20-14-6-8-15(9-7-14)22(25)26/h2-9,20H,10-12H2,1H3,(H,21,24). The molecule has 2 aromatic carbocycles. The van der Waals surface area contributed by atoms with Gasteiger partial charge >= 0.3 is 5.97 Å². The van der Waals surface area contributed by atoms with Crippen LogP contribution in [0, 0.1) is 10.1 Å². The molecule has 1 heterocycles. The second-order valence-corrected chi connectivity index (χ2v) is 6.44. The van der Waals surface area contributed by atoms with Crippen molar-refractivity contribution >= 4 is 23.3 Å². The molecular formula is C19H19N3O5. The van der Waals surface area contributed by atoms with Crippen LogP contribution in [0.2, 0.25) is 0 Å². The number of rotatable bonds is 6. The van der Waals surface area contributed by atoms with Gasteiger partial charge in [0.2, 0.25) is 0 Å². The van der Waals surface area contributed by atoms with Gasteiger partial charge in [0.1, 0.15) is 0 Å². The van der Waals surface area contributed by atoms with Crippen molar-refractivity contribution in [2.24, 2.45) is 0 Å². The molecule has 2 aromatic rings. The van der Waals surface area contributed by atoms with Gasteiger partial charge in [-0.15, -0.1) is 0 Å². The van der Waals surface area contributed by atoms with Crippen LogP contribution in [0.25, 0.3) is 0 Å². The Morgan fingerprint density at radius 1 is 1.19 bits per heavy atom. The number of fused-ring (bicyclic) bond motifs is 1. The van der Waals surface area contributed by atoms with Crippen molar-refractivity contribution in [1.29, 1.82) is 0 Å². The molecule has 0 saturated carbocycles. The number of nitro benzene ring substituents is 1. The highest BCUT2D eigenvalue weighted by atomic mass is 16.6. The Morgan fingerprint density at radius 3 is 2.59 bits per heavy atom. The molecule has 8 heteroatoms. The van der Waals surface area contributed by atoms with E-state index in [0.29, 0.717) is 30.8 Å². The van der Waals surface area contributed by atoms with Gasteiger partial charge in [-0.25, -0.2) is 4.79 Å². The van der Waals surface area contributed by atoms with Crippen molar-refractivity contribution in [1.82, 2.24) is 5.32 Å². The fourth-order valence-corrected chi connectivity index (χ4v) is 2.93. The van der Waals surface area contributed by atoms with Crippen molar-refractivity contribution in [3.63, 3.8) is 0 Å². The first kappa shape index (κ1) is 18.4. The first-order chi connectivity index (χ1) is 12.9. The summed E-state index contributed by atoms with van der Waals surface area (Å²) in [7, 11) is 0. The van der Waals surface area contributed by atoms with Crippen LogP contribution in [0.3, 0.4) is 0 Å². The Bertz CT molecular complexity index is 881. The second-order valence-electron chi connectivity index (χ2n) is 6.44. The Labute approximate surface area is 155 Å². The molecule has 1 aliphatic rings. The molecular weight excluding hydrogens is 350 g/mol. The van der Waals surface area contributed by atoms with Gasteiger partial charge in [-0.1, -0.05) is 18.2 Å². The van der Waals surface area contributed by atoms with E-state index in [-0.39, 0.29) is 11.6 Å². The van der Waals surface area contributed by atoms with Crippen LogP contribution in [0.5, 0.6) is 0 Å². The quantitative estimate of drug-likeness (QED) is 0.350. The van der Waals surface area contributed by atoms with E-state index in [4.69, 9.17) is 4.74 Å². The molecule has 0 fully saturated rings. The zero-order valence-electron chi connectivity index (χ0n) is 14.7. The minimum absolute atomic E-state index is 0.0150. The van der Waals surface area contributed by atoms with Crippen LogP contribution < -0.4 is 10.6 Å². The summed E-state index contributed by atoms with van der Waals surface area (Å²) in [6.45, 7) is 2.33. The van der Waals surface area contributed by atoms with Gasteiger partial charge in [-0.3, -0.25) is 14.9 Å². The van der Waals surface area contributed by atoms with Crippen LogP contribution in [-0.4, -0.2) is 35.5 Å². The fraction of sp³-hybridized carbons (Fsp3) is 0.263. The minimum Gasteiger partial charge on any atom is -0.445 e. The number of nitrogens with zero attached hydrogens (tertiary/aromatic N) is 1. The molecule has 0 saturated heterocycles. The molecule has 3 rings (SSSR count). The highest BCUT2D eigenvalue weighted by molar-refractivity contribution is 5.97. The summed E-state index contributed by atoms with van der Waals surface area (Å²) in [5, 5.41) is 16.4. The predicted molar refractivity (Wildman–Crippen MR) is 98.6 cm³/mol. The van der Waals surface area contributed by atoms with Crippen molar-refractivity contribution in [2.45, 2.75) is 18.9 Å². The van der Waals surface area contributed by atoms with E-state index in [0.717, 1.165) is 5.56 Å². The largest absolute Gasteiger partial charge is 0.445 e. The van der Waals surface area contributed by atoms with Crippen LogP contribution in [0.1, 0.15) is 22.8 Å². The maximum atomic E-state index is 12.5. The van der Waals surface area contributed by atoms with Crippen molar-refractivity contribution in [3.8, 4) is 0 Å². The van der Waals surface area contributed by atoms with Gasteiger partial charge in [0.15, 0.2) is 5.60 Å². The van der Waals surface area contributed by atoms with E-state index < -0.39 is 16.5 Å². The number of ether oxygens (including phenoxy) is 1. The number of hydrogen-bond acceptors (Lipinski definition) is 6. The monoisotopic (exact) mass is 369 g/mol. The topological polar surface area (TPSA) is 111 Å². The lowest BCUT2D eigenvalue weighted by Crippen LogP contribution is -2.52. The SMILES string of the molecule is CC1(C(=O)NCCNc2ccc([N+](=O)[O-])cc2)Cc2ccccc2C(=O)O1. The average molecular weight is 369 g/mol. The number of carbonyl (C=O) groups excluding carboxylic acids is 2. The summed E-state index contributed by atoms with van der Waals surface area (Å²) in [6, 6.07) is 13.1. The summed E-state index contributed by atoms with van der Waals surface area (Å²) in [6.07, 6.45) is 0.316. The third kappa shape index (κ3) is 4.05. The van der Waals surface area contributed by atoms with Crippen LogP contribution in [-0.2, 0) is 16.0 Å². The lowest BCUT2D eigenvalue weighted by Gasteiger charge is -2.33. The number of nitro groups is 1. The highest BCUT2D eigenvalue weighted by Crippen LogP contribution is 2.28. The number of hydrogen-bond donors (Lipinski definition) is 2. The number of non-ortho nitro benzene ring substituents is 1. The molecule has 0 bridgehead atoms. The van der Waals surface area contributed by atoms with Gasteiger partial charge in [-0.05, 0) is 30.7 Å². The maximum absolute atomic E-state index is 12.5. The normalized spacial score (nSPS) is 18.2. The molecule has 8 nitrogen and oxygen atoms in total. The van der Waals surface area contributed by atoms with Gasteiger partial charge in [0.25, 0.3) is 11.6 Å². The Kier molecular flexibility index (Phi) is 5.07. The number of esters is 1. The molecule has 1 amide bonds. The lowest BCUT2D eigenvalue weighted by atomic mass is 9.89. The van der Waals surface area contributed by atoms with Crippen LogP contribution >= 0.6 is 0 Å². The highest BCUT2D eigenvalue weighted by Gasteiger charge is 2.42. The third-order valence-corrected chi connectivity index (χ3v) is 4.38. The summed E-state index contributed by atoms with van der Waals surface area (Å²) >= 11 is 0. The Balaban J connectivity index is 1.52. The maximum Gasteiger partial charge on any atom is 0.339 e. The number of amides is 1. The third-order valence-electron chi connectivity index (χ3n) is 4.38. The van der Waals surface area contributed by atoms with E-state index >= 15 is 0 Å². The Hall–Kier alpha value is -3.42. The van der Waals surface area contributed by atoms with Gasteiger partial charge < -0.3 is 15.4 Å². The van der Waals surface area contributed by atoms with E-state index in [9.17, 15) is 19.7 Å². The Morgan fingerprint density at radius 2 is 1.89 bits per heavy atom. The molecule has 0 aliphatic carbocycles. The summed E-state index contributed by atoms with van der Waals surface area (Å²) in [5.74, 6) is -0.866. The molecule has 1 aliphatic heterocycles. The molecule has 140 valence electrons. The molecule has 0 radical (unpaired) electrons. The first-order valence-corrected chi connectivity index (χ1v) is 8.47. The van der Waals surface area contributed by atoms with E-state index in [1.54, 1.807) is 31.2 Å². The molecule has 0 aromatic heterocycles. The zero-order chi connectivity index (χ0) is 19.4. The zero-order valence-corrected chi connectivity index (χ0v) is 14.7. The first-order valence-electron chi connectivity index (χ1n) is 8.47. The van der Waals surface area contributed by atoms with Gasteiger partial charge in [0.05, 0.1) is 10.5 Å². The second kappa shape index (κ2) is 7.45. The average Bonchev–Trinajstić information content (AvgIpc) is 2.65. The molecule has 1 atom stereocenters. The van der Waals surface area contributed by atoms with Crippen molar-refractivity contribution in [3.05, 3.63) is 69.8 Å². The van der Waals surface area contributed by atoms with E-state index in [2.05, 4.69) is 10.6 Å². The molecule has 0 spiro atoms. The number of nitrogens with one attached hydrogen (secondary N) is 2. The van der Waals surface area contributed by atoms with Gasteiger partial charge in [0, 0.05) is 37.3 Å². The summed E-state index contributed by atoms with van der Waals surface area (Å²) in [4.78, 5) is 34.8. The summed E-state index contributed by atoms with van der Waals surface area (Å²) < 4.78 is 5.38. The lowest BCUT2D eigenvalue weighted by molar-refractivity contribution is -0.384. The molecule has 27 heavy (non-hydrogen) atoms. The van der Waals surface area contributed by atoms with Gasteiger partial charge in [-0.2, -0.15) is 0 Å². The molecule has 1 unspecified atom stereocenters. The van der Waals surface area contributed by atoms with Crippen LogP contribution in [0.15, 0.2) is 48.5 Å². The molecule has 2 N–H and O–H groups in total. The van der Waals surface area contributed by atoms with Crippen LogP contribution in [0.4, 0.5) is 11.4 Å². The number of benzene rings is 2. The smallest absolute Gasteiger partial charge is 0.339 e. The van der Waals surface area contributed by atoms with E-state index in [1.807, 2.05) is 12.1 Å². The van der Waals surface area contributed by atoms with Crippen molar-refractivity contribution < 1.29 is 19.2 Å². The number of cyclic esters (lactones) is 1. The minimum atomic E-state index is -1.25.